The monoisotopic (exact) mass is 151 g/mol. The molecular formula is C4H6N3NaO2. The first-order chi connectivity index (χ1) is 4.29. The number of rotatable bonds is 1. The van der Waals surface area contributed by atoms with E-state index in [9.17, 15) is 4.79 Å². The normalized spacial score (nSPS) is 8.10. The molecule has 0 saturated heterocycles. The topological polar surface area (TPSA) is 67.9 Å². The summed E-state index contributed by atoms with van der Waals surface area (Å²) in [4.78, 5) is 10.2. The van der Waals surface area contributed by atoms with Gasteiger partial charge >= 0.3 is 35.5 Å². The van der Waals surface area contributed by atoms with Crippen molar-refractivity contribution in [3.63, 3.8) is 0 Å². The van der Waals surface area contributed by atoms with Crippen molar-refractivity contribution in [2.75, 3.05) is 0 Å². The van der Waals surface area contributed by atoms with E-state index < -0.39 is 5.97 Å². The Bertz CT molecular complexity index is 198. The SMILES string of the molecule is CC(=O)Oc1c[nH]nn1.[NaH]. The van der Waals surface area contributed by atoms with Crippen LogP contribution in [0.15, 0.2) is 6.20 Å². The number of nitrogens with zero attached hydrogens (tertiary/aromatic N) is 2. The van der Waals surface area contributed by atoms with Crippen molar-refractivity contribution in [2.24, 2.45) is 0 Å². The van der Waals surface area contributed by atoms with Gasteiger partial charge in [-0.25, -0.2) is 0 Å². The number of hydrogen-bond donors (Lipinski definition) is 1. The van der Waals surface area contributed by atoms with E-state index in [2.05, 4.69) is 20.1 Å². The molecule has 0 radical (unpaired) electrons. The van der Waals surface area contributed by atoms with Gasteiger partial charge in [-0.3, -0.25) is 9.89 Å². The Morgan fingerprint density at radius 3 is 2.90 bits per heavy atom. The van der Waals surface area contributed by atoms with Gasteiger partial charge in [0.05, 0.1) is 6.20 Å². The maximum absolute atomic E-state index is 10.2. The zero-order chi connectivity index (χ0) is 6.69. The molecule has 0 unspecified atom stereocenters. The molecule has 1 rings (SSSR count). The molecule has 0 aromatic carbocycles. The van der Waals surface area contributed by atoms with Gasteiger partial charge in [0.1, 0.15) is 0 Å². The zero-order valence-electron chi connectivity index (χ0n) is 4.79. The number of aromatic amines is 1. The summed E-state index contributed by atoms with van der Waals surface area (Å²) in [5.41, 5.74) is 0. The summed E-state index contributed by atoms with van der Waals surface area (Å²) < 4.78 is 4.51. The summed E-state index contributed by atoms with van der Waals surface area (Å²) >= 11 is 0. The van der Waals surface area contributed by atoms with Crippen LogP contribution in [0.25, 0.3) is 0 Å². The molecule has 0 bridgehead atoms. The zero-order valence-corrected chi connectivity index (χ0v) is 4.79. The van der Waals surface area contributed by atoms with Gasteiger partial charge in [-0.15, -0.1) is 0 Å². The van der Waals surface area contributed by atoms with E-state index in [0.717, 1.165) is 0 Å². The van der Waals surface area contributed by atoms with Crippen LogP contribution in [0.2, 0.25) is 0 Å². The molecule has 5 nitrogen and oxygen atoms in total. The van der Waals surface area contributed by atoms with Crippen LogP contribution in [0, 0.1) is 0 Å². The molecular weight excluding hydrogens is 145 g/mol. The van der Waals surface area contributed by atoms with Gasteiger partial charge in [0.2, 0.25) is 0 Å². The molecule has 50 valence electrons. The Morgan fingerprint density at radius 2 is 2.50 bits per heavy atom. The number of carbonyl (C=O) groups is 1. The number of aromatic nitrogens is 3. The number of ether oxygens (including phenoxy) is 1. The Morgan fingerprint density at radius 1 is 1.80 bits per heavy atom. The quantitative estimate of drug-likeness (QED) is 0.416. The Labute approximate surface area is 79.4 Å². The van der Waals surface area contributed by atoms with Gasteiger partial charge in [0.15, 0.2) is 0 Å². The van der Waals surface area contributed by atoms with E-state index in [0.29, 0.717) is 0 Å². The standard InChI is InChI=1S/C4H5N3O2.Na.H/c1-3(8)9-4-2-5-7-6-4;;/h2H,1H3,(H,5,6,7);;. The van der Waals surface area contributed by atoms with E-state index >= 15 is 0 Å². The van der Waals surface area contributed by atoms with Crippen LogP contribution in [0.5, 0.6) is 5.88 Å². The Balaban J connectivity index is 0.000000810. The van der Waals surface area contributed by atoms with Crippen molar-refractivity contribution in [1.29, 1.82) is 0 Å². The number of H-pyrrole nitrogens is 1. The van der Waals surface area contributed by atoms with Crippen molar-refractivity contribution in [3.05, 3.63) is 6.20 Å². The van der Waals surface area contributed by atoms with Gasteiger partial charge < -0.3 is 4.74 Å². The average Bonchev–Trinajstić information content (AvgIpc) is 2.15. The van der Waals surface area contributed by atoms with Crippen LogP contribution in [0.3, 0.4) is 0 Å². The first-order valence-corrected chi connectivity index (χ1v) is 2.34. The molecule has 0 atom stereocenters. The molecule has 10 heavy (non-hydrogen) atoms. The molecule has 1 aromatic rings. The van der Waals surface area contributed by atoms with Gasteiger partial charge in [-0.2, -0.15) is 0 Å². The average molecular weight is 151 g/mol. The fraction of sp³-hybridized carbons (Fsp3) is 0.250. The Kier molecular flexibility index (Phi) is 4.26. The van der Waals surface area contributed by atoms with E-state index in [-0.39, 0.29) is 35.4 Å². The minimum absolute atomic E-state index is 0. The number of esters is 1. The molecule has 0 saturated carbocycles. The fourth-order valence-corrected chi connectivity index (χ4v) is 0.388. The van der Waals surface area contributed by atoms with Crippen LogP contribution in [0.4, 0.5) is 0 Å². The second-order valence-corrected chi connectivity index (χ2v) is 1.41. The second-order valence-electron chi connectivity index (χ2n) is 1.41. The van der Waals surface area contributed by atoms with E-state index in [1.54, 1.807) is 0 Å². The van der Waals surface area contributed by atoms with Crippen LogP contribution in [0.1, 0.15) is 6.92 Å². The maximum atomic E-state index is 10.2. The predicted octanol–water partition coefficient (Wildman–Crippen LogP) is -0.919. The van der Waals surface area contributed by atoms with Gasteiger partial charge in [0, 0.05) is 6.92 Å². The van der Waals surface area contributed by atoms with Gasteiger partial charge in [-0.1, -0.05) is 10.3 Å². The van der Waals surface area contributed by atoms with E-state index in [1.807, 2.05) is 0 Å². The first kappa shape index (κ1) is 9.61. The molecule has 0 fully saturated rings. The number of hydrogen-bond acceptors (Lipinski definition) is 4. The summed E-state index contributed by atoms with van der Waals surface area (Å²) in [6, 6.07) is 0. The molecule has 0 aliphatic carbocycles. The van der Waals surface area contributed by atoms with Gasteiger partial charge in [0.25, 0.3) is 5.88 Å². The molecule has 1 aromatic heterocycles. The van der Waals surface area contributed by atoms with E-state index in [1.165, 1.54) is 13.1 Å². The van der Waals surface area contributed by atoms with Crippen LogP contribution in [-0.4, -0.2) is 50.9 Å². The van der Waals surface area contributed by atoms with Crippen molar-refractivity contribution in [1.82, 2.24) is 15.4 Å². The molecule has 6 heteroatoms. The second kappa shape index (κ2) is 4.43. The number of carbonyl (C=O) groups excluding carboxylic acids is 1. The summed E-state index contributed by atoms with van der Waals surface area (Å²) in [5, 5.41) is 9.13. The molecule has 1 heterocycles. The third-order valence-electron chi connectivity index (χ3n) is 0.643. The van der Waals surface area contributed by atoms with Crippen molar-refractivity contribution in [2.45, 2.75) is 6.92 Å². The van der Waals surface area contributed by atoms with Crippen molar-refractivity contribution in [3.8, 4) is 5.88 Å². The van der Waals surface area contributed by atoms with Crippen LogP contribution >= 0.6 is 0 Å². The van der Waals surface area contributed by atoms with Crippen LogP contribution < -0.4 is 4.74 Å². The fourth-order valence-electron chi connectivity index (χ4n) is 0.388. The molecule has 0 amide bonds. The van der Waals surface area contributed by atoms with Crippen molar-refractivity contribution >= 4 is 35.5 Å². The van der Waals surface area contributed by atoms with Gasteiger partial charge in [-0.05, 0) is 0 Å². The van der Waals surface area contributed by atoms with Crippen molar-refractivity contribution < 1.29 is 9.53 Å². The molecule has 1 N–H and O–H groups in total. The summed E-state index contributed by atoms with van der Waals surface area (Å²) in [7, 11) is 0. The molecule has 0 spiro atoms. The minimum atomic E-state index is -0.399. The Hall–Kier alpha value is -0.390. The summed E-state index contributed by atoms with van der Waals surface area (Å²) in [5.74, 6) is -0.202. The molecule has 0 aliphatic heterocycles. The van der Waals surface area contributed by atoms with Crippen LogP contribution in [-0.2, 0) is 4.79 Å². The van der Waals surface area contributed by atoms with E-state index in [4.69, 9.17) is 0 Å². The molecule has 0 aliphatic rings. The third kappa shape index (κ3) is 2.95. The predicted molar refractivity (Wildman–Crippen MR) is 34.8 cm³/mol. The summed E-state index contributed by atoms with van der Waals surface area (Å²) in [6.45, 7) is 1.30. The number of nitrogens with one attached hydrogen (secondary N) is 1. The summed E-state index contributed by atoms with van der Waals surface area (Å²) in [6.07, 6.45) is 1.39. The first-order valence-electron chi connectivity index (χ1n) is 2.34. The third-order valence-corrected chi connectivity index (χ3v) is 0.643.